The maximum Gasteiger partial charge on any atom is 0.137 e. The molecule has 0 saturated carbocycles. The van der Waals surface area contributed by atoms with E-state index in [-0.39, 0.29) is 0 Å². The van der Waals surface area contributed by atoms with Gasteiger partial charge in [0.1, 0.15) is 17.9 Å². The summed E-state index contributed by atoms with van der Waals surface area (Å²) in [4.78, 5) is 0. The van der Waals surface area contributed by atoms with Gasteiger partial charge in [-0.1, -0.05) is 30.3 Å². The standard InChI is InChI=1S/C16H14O2/c1-12-10-18-16-9-14(7-8-15(12)16)17-11-13-5-3-2-4-6-13/h2-10H,11H2,1H3. The minimum Gasteiger partial charge on any atom is -0.489 e. The zero-order valence-electron chi connectivity index (χ0n) is 10.2. The molecule has 2 heteroatoms. The summed E-state index contributed by atoms with van der Waals surface area (Å²) in [5, 5.41) is 1.14. The Bertz CT molecular complexity index is 653. The molecule has 0 saturated heterocycles. The van der Waals surface area contributed by atoms with Crippen LogP contribution in [0.2, 0.25) is 0 Å². The van der Waals surface area contributed by atoms with Crippen LogP contribution in [-0.4, -0.2) is 0 Å². The molecule has 0 amide bonds. The number of ether oxygens (including phenoxy) is 1. The fourth-order valence-corrected chi connectivity index (χ4v) is 1.97. The summed E-state index contributed by atoms with van der Waals surface area (Å²) in [6, 6.07) is 16.1. The minimum atomic E-state index is 0.575. The van der Waals surface area contributed by atoms with Crippen LogP contribution in [0, 0.1) is 6.92 Å². The van der Waals surface area contributed by atoms with Crippen LogP contribution in [0.1, 0.15) is 11.1 Å². The van der Waals surface area contributed by atoms with Crippen molar-refractivity contribution in [3.63, 3.8) is 0 Å². The third-order valence-corrected chi connectivity index (χ3v) is 2.99. The number of furan rings is 1. The first-order chi connectivity index (χ1) is 8.83. The molecule has 0 aliphatic carbocycles. The number of benzene rings is 2. The number of rotatable bonds is 3. The van der Waals surface area contributed by atoms with Crippen molar-refractivity contribution >= 4 is 11.0 Å². The molecule has 2 nitrogen and oxygen atoms in total. The van der Waals surface area contributed by atoms with Crippen LogP contribution in [0.15, 0.2) is 59.2 Å². The molecule has 0 spiro atoms. The van der Waals surface area contributed by atoms with Crippen molar-refractivity contribution in [2.45, 2.75) is 13.5 Å². The molecule has 1 aromatic heterocycles. The molecular formula is C16H14O2. The second kappa shape index (κ2) is 4.57. The summed E-state index contributed by atoms with van der Waals surface area (Å²) in [6.45, 7) is 2.61. The topological polar surface area (TPSA) is 22.4 Å². The van der Waals surface area contributed by atoms with Crippen LogP contribution in [0.4, 0.5) is 0 Å². The predicted octanol–water partition coefficient (Wildman–Crippen LogP) is 4.32. The lowest BCUT2D eigenvalue weighted by Gasteiger charge is -2.05. The van der Waals surface area contributed by atoms with Gasteiger partial charge in [-0.15, -0.1) is 0 Å². The highest BCUT2D eigenvalue weighted by atomic mass is 16.5. The average Bonchev–Trinajstić information content (AvgIpc) is 2.79. The van der Waals surface area contributed by atoms with Gasteiger partial charge in [0.05, 0.1) is 6.26 Å². The highest BCUT2D eigenvalue weighted by molar-refractivity contribution is 5.81. The Balaban J connectivity index is 1.79. The summed E-state index contributed by atoms with van der Waals surface area (Å²) in [5.74, 6) is 0.834. The average molecular weight is 238 g/mol. The van der Waals surface area contributed by atoms with Gasteiger partial charge in [-0.3, -0.25) is 0 Å². The van der Waals surface area contributed by atoms with E-state index in [1.165, 1.54) is 0 Å². The molecule has 3 rings (SSSR count). The maximum absolute atomic E-state index is 5.75. The lowest BCUT2D eigenvalue weighted by atomic mass is 10.2. The Labute approximate surface area is 106 Å². The summed E-state index contributed by atoms with van der Waals surface area (Å²) >= 11 is 0. The highest BCUT2D eigenvalue weighted by Gasteiger charge is 2.03. The Morgan fingerprint density at radius 1 is 1.06 bits per heavy atom. The van der Waals surface area contributed by atoms with Gasteiger partial charge >= 0.3 is 0 Å². The first kappa shape index (κ1) is 10.9. The molecular weight excluding hydrogens is 224 g/mol. The number of fused-ring (bicyclic) bond motifs is 1. The van der Waals surface area contributed by atoms with Gasteiger partial charge in [-0.25, -0.2) is 0 Å². The lowest BCUT2D eigenvalue weighted by molar-refractivity contribution is 0.306. The van der Waals surface area contributed by atoms with Gasteiger partial charge in [-0.2, -0.15) is 0 Å². The van der Waals surface area contributed by atoms with Gasteiger partial charge < -0.3 is 9.15 Å². The second-order valence-electron chi connectivity index (χ2n) is 4.35. The van der Waals surface area contributed by atoms with Crippen molar-refractivity contribution in [1.82, 2.24) is 0 Å². The largest absolute Gasteiger partial charge is 0.489 e. The molecule has 18 heavy (non-hydrogen) atoms. The molecule has 0 aliphatic rings. The molecule has 0 radical (unpaired) electrons. The Hall–Kier alpha value is -2.22. The quantitative estimate of drug-likeness (QED) is 0.678. The van der Waals surface area contributed by atoms with E-state index in [4.69, 9.17) is 9.15 Å². The van der Waals surface area contributed by atoms with E-state index < -0.39 is 0 Å². The van der Waals surface area contributed by atoms with E-state index in [1.807, 2.05) is 43.3 Å². The third-order valence-electron chi connectivity index (χ3n) is 2.99. The van der Waals surface area contributed by atoms with Crippen molar-refractivity contribution in [2.24, 2.45) is 0 Å². The van der Waals surface area contributed by atoms with Crippen molar-refractivity contribution in [1.29, 1.82) is 0 Å². The fourth-order valence-electron chi connectivity index (χ4n) is 1.97. The SMILES string of the molecule is Cc1coc2cc(OCc3ccccc3)ccc12. The third kappa shape index (κ3) is 2.09. The van der Waals surface area contributed by atoms with E-state index in [2.05, 4.69) is 12.1 Å². The Morgan fingerprint density at radius 3 is 2.72 bits per heavy atom. The van der Waals surface area contributed by atoms with Crippen molar-refractivity contribution in [3.8, 4) is 5.75 Å². The number of hydrogen-bond donors (Lipinski definition) is 0. The van der Waals surface area contributed by atoms with Gasteiger partial charge in [0.15, 0.2) is 0 Å². The summed E-state index contributed by atoms with van der Waals surface area (Å²) < 4.78 is 11.2. The molecule has 1 heterocycles. The van der Waals surface area contributed by atoms with Crippen LogP contribution in [-0.2, 0) is 6.61 Å². The van der Waals surface area contributed by atoms with E-state index in [1.54, 1.807) is 6.26 Å². The Kier molecular flexibility index (Phi) is 2.77. The minimum absolute atomic E-state index is 0.575. The fraction of sp³-hybridized carbons (Fsp3) is 0.125. The van der Waals surface area contributed by atoms with Crippen LogP contribution in [0.25, 0.3) is 11.0 Å². The van der Waals surface area contributed by atoms with E-state index in [9.17, 15) is 0 Å². The lowest BCUT2D eigenvalue weighted by Crippen LogP contribution is -1.94. The molecule has 0 bridgehead atoms. The Morgan fingerprint density at radius 2 is 1.89 bits per heavy atom. The van der Waals surface area contributed by atoms with Gasteiger partial charge in [0, 0.05) is 11.5 Å². The molecule has 0 N–H and O–H groups in total. The smallest absolute Gasteiger partial charge is 0.137 e. The van der Waals surface area contributed by atoms with Crippen LogP contribution in [0.5, 0.6) is 5.75 Å². The number of aryl methyl sites for hydroxylation is 1. The van der Waals surface area contributed by atoms with E-state index >= 15 is 0 Å². The zero-order chi connectivity index (χ0) is 12.4. The van der Waals surface area contributed by atoms with Crippen molar-refractivity contribution in [3.05, 3.63) is 65.9 Å². The van der Waals surface area contributed by atoms with Crippen LogP contribution < -0.4 is 4.74 Å². The normalized spacial score (nSPS) is 10.7. The summed E-state index contributed by atoms with van der Waals surface area (Å²) in [7, 11) is 0. The van der Waals surface area contributed by atoms with E-state index in [0.717, 1.165) is 27.8 Å². The molecule has 90 valence electrons. The molecule has 3 aromatic rings. The molecule has 0 unspecified atom stereocenters. The first-order valence-electron chi connectivity index (χ1n) is 5.97. The first-order valence-corrected chi connectivity index (χ1v) is 5.97. The molecule has 0 fully saturated rings. The number of hydrogen-bond acceptors (Lipinski definition) is 2. The monoisotopic (exact) mass is 238 g/mol. The van der Waals surface area contributed by atoms with Gasteiger partial charge in [0.2, 0.25) is 0 Å². The van der Waals surface area contributed by atoms with Crippen molar-refractivity contribution in [2.75, 3.05) is 0 Å². The molecule has 0 aliphatic heterocycles. The predicted molar refractivity (Wildman–Crippen MR) is 71.7 cm³/mol. The molecule has 2 aromatic carbocycles. The maximum atomic E-state index is 5.75. The second-order valence-corrected chi connectivity index (χ2v) is 4.35. The zero-order valence-corrected chi connectivity index (χ0v) is 10.2. The van der Waals surface area contributed by atoms with Crippen LogP contribution in [0.3, 0.4) is 0 Å². The van der Waals surface area contributed by atoms with E-state index in [0.29, 0.717) is 6.61 Å². The van der Waals surface area contributed by atoms with Crippen molar-refractivity contribution < 1.29 is 9.15 Å². The molecule has 0 atom stereocenters. The van der Waals surface area contributed by atoms with Crippen LogP contribution >= 0.6 is 0 Å². The van der Waals surface area contributed by atoms with Gasteiger partial charge in [0.25, 0.3) is 0 Å². The summed E-state index contributed by atoms with van der Waals surface area (Å²) in [6.07, 6.45) is 1.77. The van der Waals surface area contributed by atoms with Gasteiger partial charge in [-0.05, 0) is 30.2 Å². The highest BCUT2D eigenvalue weighted by Crippen LogP contribution is 2.25. The summed E-state index contributed by atoms with van der Waals surface area (Å²) in [5.41, 5.74) is 3.19.